The van der Waals surface area contributed by atoms with Crippen LogP contribution in [0.4, 0.5) is 14.5 Å². The first-order chi connectivity index (χ1) is 14.3. The van der Waals surface area contributed by atoms with Crippen LogP contribution in [-0.4, -0.2) is 44.1 Å². The fourth-order valence-electron chi connectivity index (χ4n) is 3.06. The maximum absolute atomic E-state index is 13.7. The fourth-order valence-corrected chi connectivity index (χ4v) is 5.46. The number of carbonyl (C=O) groups is 1. The first-order valence-corrected chi connectivity index (χ1v) is 11.9. The number of ether oxygens (including phenoxy) is 1. The van der Waals surface area contributed by atoms with E-state index >= 15 is 0 Å². The summed E-state index contributed by atoms with van der Waals surface area (Å²) in [4.78, 5) is 12.4. The van der Waals surface area contributed by atoms with E-state index in [1.165, 1.54) is 22.5 Å². The maximum Gasteiger partial charge on any atom is 0.246 e. The van der Waals surface area contributed by atoms with Crippen molar-refractivity contribution in [3.63, 3.8) is 0 Å². The second-order valence-corrected chi connectivity index (χ2v) is 9.54. The first kappa shape index (κ1) is 22.5. The quantitative estimate of drug-likeness (QED) is 0.610. The van der Waals surface area contributed by atoms with Gasteiger partial charge in [-0.15, -0.1) is 11.8 Å². The van der Waals surface area contributed by atoms with Gasteiger partial charge in [-0.1, -0.05) is 0 Å². The van der Waals surface area contributed by atoms with Crippen molar-refractivity contribution in [2.45, 2.75) is 29.6 Å². The van der Waals surface area contributed by atoms with Gasteiger partial charge in [0.15, 0.2) is 0 Å². The van der Waals surface area contributed by atoms with E-state index in [1.807, 2.05) is 0 Å². The molecule has 30 heavy (non-hydrogen) atoms. The molecule has 1 amide bonds. The predicted octanol–water partition coefficient (Wildman–Crippen LogP) is 3.88. The molecule has 1 fully saturated rings. The zero-order chi connectivity index (χ0) is 21.7. The number of anilines is 1. The number of nitrogens with zero attached hydrogens (tertiary/aromatic N) is 1. The van der Waals surface area contributed by atoms with E-state index in [0.717, 1.165) is 36.7 Å². The van der Waals surface area contributed by atoms with Gasteiger partial charge in [0, 0.05) is 29.7 Å². The minimum atomic E-state index is -3.75. The molecule has 0 saturated carbocycles. The van der Waals surface area contributed by atoms with Gasteiger partial charge >= 0.3 is 0 Å². The third-order valence-corrected chi connectivity index (χ3v) is 7.43. The zero-order valence-electron chi connectivity index (χ0n) is 16.4. The number of thioether (sulfide) groups is 1. The van der Waals surface area contributed by atoms with Gasteiger partial charge in [-0.05, 0) is 50.1 Å². The van der Waals surface area contributed by atoms with E-state index in [1.54, 1.807) is 13.0 Å². The van der Waals surface area contributed by atoms with Crippen LogP contribution in [0.1, 0.15) is 19.8 Å². The number of sulfonamides is 1. The summed E-state index contributed by atoms with van der Waals surface area (Å²) in [6.45, 7) is 2.95. The molecular weight excluding hydrogens is 434 g/mol. The Morgan fingerprint density at radius 1 is 1.17 bits per heavy atom. The van der Waals surface area contributed by atoms with Crippen LogP contribution in [0.5, 0.6) is 5.75 Å². The lowest BCUT2D eigenvalue weighted by atomic mass is 10.3. The highest BCUT2D eigenvalue weighted by Gasteiger charge is 2.30. The molecule has 0 bridgehead atoms. The minimum absolute atomic E-state index is 0.00119. The largest absolute Gasteiger partial charge is 0.492 e. The molecule has 2 aromatic carbocycles. The smallest absolute Gasteiger partial charge is 0.246 e. The third-order valence-electron chi connectivity index (χ3n) is 4.46. The topological polar surface area (TPSA) is 75.7 Å². The van der Waals surface area contributed by atoms with E-state index in [0.29, 0.717) is 25.4 Å². The molecule has 0 spiro atoms. The highest BCUT2D eigenvalue weighted by Crippen LogP contribution is 2.32. The normalized spacial score (nSPS) is 14.6. The number of amides is 1. The van der Waals surface area contributed by atoms with Gasteiger partial charge in [0.1, 0.15) is 22.3 Å². The molecule has 1 aliphatic rings. The van der Waals surface area contributed by atoms with Crippen molar-refractivity contribution in [1.29, 1.82) is 0 Å². The minimum Gasteiger partial charge on any atom is -0.492 e. The number of hydrogen-bond acceptors (Lipinski definition) is 5. The second-order valence-electron chi connectivity index (χ2n) is 6.62. The Balaban J connectivity index is 1.75. The van der Waals surface area contributed by atoms with Crippen molar-refractivity contribution in [3.8, 4) is 5.75 Å². The van der Waals surface area contributed by atoms with Gasteiger partial charge in [-0.2, -0.15) is 4.31 Å². The molecule has 2 aromatic rings. The van der Waals surface area contributed by atoms with Crippen LogP contribution in [0.15, 0.2) is 46.2 Å². The van der Waals surface area contributed by atoms with Gasteiger partial charge in [0.25, 0.3) is 0 Å². The van der Waals surface area contributed by atoms with E-state index in [9.17, 15) is 22.0 Å². The molecule has 0 aromatic heterocycles. The first-order valence-electron chi connectivity index (χ1n) is 9.46. The average molecular weight is 457 g/mol. The zero-order valence-corrected chi connectivity index (χ0v) is 18.0. The molecule has 10 heteroatoms. The summed E-state index contributed by atoms with van der Waals surface area (Å²) in [6.07, 6.45) is 1.60. The highest BCUT2D eigenvalue weighted by atomic mass is 32.2. The molecule has 6 nitrogen and oxygen atoms in total. The summed E-state index contributed by atoms with van der Waals surface area (Å²) in [5, 5.41) is 2.62. The van der Waals surface area contributed by atoms with Crippen molar-refractivity contribution < 1.29 is 26.7 Å². The van der Waals surface area contributed by atoms with Crippen molar-refractivity contribution in [3.05, 3.63) is 48.0 Å². The SMILES string of the molecule is CCOc1ccc(NC(=O)CSc2ccc(F)cc2F)cc1S(=O)(=O)N1CCCC1. The molecular formula is C20H22F2N2O4S2. The highest BCUT2D eigenvalue weighted by molar-refractivity contribution is 8.00. The molecule has 0 radical (unpaired) electrons. The average Bonchev–Trinajstić information content (AvgIpc) is 3.24. The summed E-state index contributed by atoms with van der Waals surface area (Å²) in [5.41, 5.74) is 0.293. The monoisotopic (exact) mass is 456 g/mol. The summed E-state index contributed by atoms with van der Waals surface area (Å²) < 4.78 is 59.6. The number of halogens is 2. The standard InChI is InChI=1S/C20H22F2N2O4S2/c1-2-28-17-7-6-15(12-19(17)30(26,27)24-9-3-4-10-24)23-20(25)13-29-18-8-5-14(21)11-16(18)22/h5-8,11-12H,2-4,9-10,13H2,1H3,(H,23,25). The van der Waals surface area contributed by atoms with Gasteiger partial charge < -0.3 is 10.1 Å². The Hall–Kier alpha value is -2.17. The van der Waals surface area contributed by atoms with E-state index in [-0.39, 0.29) is 21.3 Å². The fraction of sp³-hybridized carbons (Fsp3) is 0.350. The Morgan fingerprint density at radius 2 is 1.90 bits per heavy atom. The summed E-state index contributed by atoms with van der Waals surface area (Å²) in [5.74, 6) is -1.78. The molecule has 1 saturated heterocycles. The van der Waals surface area contributed by atoms with Crippen LogP contribution in [-0.2, 0) is 14.8 Å². The van der Waals surface area contributed by atoms with E-state index < -0.39 is 27.6 Å². The lowest BCUT2D eigenvalue weighted by molar-refractivity contribution is -0.113. The molecule has 162 valence electrons. The summed E-state index contributed by atoms with van der Waals surface area (Å²) in [7, 11) is -3.75. The lowest BCUT2D eigenvalue weighted by Crippen LogP contribution is -2.28. The lowest BCUT2D eigenvalue weighted by Gasteiger charge is -2.19. The molecule has 0 aliphatic carbocycles. The van der Waals surface area contributed by atoms with Crippen molar-refractivity contribution in [1.82, 2.24) is 4.31 Å². The van der Waals surface area contributed by atoms with Gasteiger partial charge in [0.05, 0.1) is 12.4 Å². The molecule has 1 aliphatic heterocycles. The number of nitrogens with one attached hydrogen (secondary N) is 1. The molecule has 0 unspecified atom stereocenters. The van der Waals surface area contributed by atoms with E-state index in [4.69, 9.17) is 4.74 Å². The summed E-state index contributed by atoms with van der Waals surface area (Å²) >= 11 is 0.920. The van der Waals surface area contributed by atoms with Crippen LogP contribution in [0.2, 0.25) is 0 Å². The van der Waals surface area contributed by atoms with Crippen LogP contribution < -0.4 is 10.1 Å². The van der Waals surface area contributed by atoms with Gasteiger partial charge in [0.2, 0.25) is 15.9 Å². The molecule has 3 rings (SSSR count). The molecule has 1 heterocycles. The number of hydrogen-bond donors (Lipinski definition) is 1. The van der Waals surface area contributed by atoms with Crippen LogP contribution in [0.25, 0.3) is 0 Å². The number of benzene rings is 2. The van der Waals surface area contributed by atoms with Gasteiger partial charge in [-0.25, -0.2) is 17.2 Å². The Kier molecular flexibility index (Phi) is 7.32. The van der Waals surface area contributed by atoms with Gasteiger partial charge in [-0.3, -0.25) is 4.79 Å². The van der Waals surface area contributed by atoms with Crippen LogP contribution >= 0.6 is 11.8 Å². The van der Waals surface area contributed by atoms with Crippen molar-refractivity contribution in [2.24, 2.45) is 0 Å². The summed E-state index contributed by atoms with van der Waals surface area (Å²) in [6, 6.07) is 7.57. The van der Waals surface area contributed by atoms with Crippen molar-refractivity contribution in [2.75, 3.05) is 30.8 Å². The van der Waals surface area contributed by atoms with E-state index in [2.05, 4.69) is 5.32 Å². The maximum atomic E-state index is 13.7. The third kappa shape index (κ3) is 5.30. The van der Waals surface area contributed by atoms with Crippen LogP contribution in [0, 0.1) is 11.6 Å². The molecule has 0 atom stereocenters. The Bertz CT molecular complexity index is 1030. The van der Waals surface area contributed by atoms with Crippen molar-refractivity contribution >= 4 is 33.4 Å². The number of carbonyl (C=O) groups excluding carboxylic acids is 1. The second kappa shape index (κ2) is 9.76. The van der Waals surface area contributed by atoms with Crippen LogP contribution in [0.3, 0.4) is 0 Å². The Labute approximate surface area is 178 Å². The predicted molar refractivity (Wildman–Crippen MR) is 111 cm³/mol. The number of rotatable bonds is 8. The molecule has 1 N–H and O–H groups in total. The Morgan fingerprint density at radius 3 is 2.57 bits per heavy atom.